The zero-order valence-corrected chi connectivity index (χ0v) is 15.1. The Bertz CT molecular complexity index is 1040. The van der Waals surface area contributed by atoms with Gasteiger partial charge in [-0.3, -0.25) is 0 Å². The average molecular weight is 364 g/mol. The minimum absolute atomic E-state index is 0.202. The van der Waals surface area contributed by atoms with Crippen molar-refractivity contribution in [2.45, 2.75) is 37.8 Å². The minimum Gasteiger partial charge on any atom is -0.393 e. The lowest BCUT2D eigenvalue weighted by atomic mass is 9.93. The van der Waals surface area contributed by atoms with Crippen molar-refractivity contribution >= 4 is 32.9 Å². The summed E-state index contributed by atoms with van der Waals surface area (Å²) in [6, 6.07) is 14.8. The maximum Gasteiger partial charge on any atom is 0.154 e. The van der Waals surface area contributed by atoms with Gasteiger partial charge in [-0.1, -0.05) is 18.2 Å². The summed E-state index contributed by atoms with van der Waals surface area (Å²) in [7, 11) is 0. The Kier molecular flexibility index (Phi) is 3.87. The van der Waals surface area contributed by atoms with Gasteiger partial charge in [-0.05, 0) is 55.3 Å². The lowest BCUT2D eigenvalue weighted by molar-refractivity contribution is 0.124. The second-order valence-electron chi connectivity index (χ2n) is 6.94. The van der Waals surface area contributed by atoms with E-state index in [1.165, 1.54) is 10.1 Å². The van der Waals surface area contributed by atoms with E-state index < -0.39 is 0 Å². The number of nitrogens with zero attached hydrogens (tertiary/aromatic N) is 3. The van der Waals surface area contributed by atoms with E-state index in [0.29, 0.717) is 0 Å². The fourth-order valence-corrected chi connectivity index (χ4v) is 4.79. The predicted octanol–water partition coefficient (Wildman–Crippen LogP) is 4.33. The normalized spacial score (nSPS) is 20.7. The van der Waals surface area contributed by atoms with Gasteiger partial charge in [0.05, 0.1) is 17.2 Å². The van der Waals surface area contributed by atoms with Gasteiger partial charge in [-0.2, -0.15) is 0 Å². The molecule has 132 valence electrons. The van der Waals surface area contributed by atoms with Gasteiger partial charge in [-0.15, -0.1) is 16.4 Å². The van der Waals surface area contributed by atoms with Crippen LogP contribution in [0.5, 0.6) is 0 Å². The first-order valence-corrected chi connectivity index (χ1v) is 9.86. The number of aliphatic hydroxyl groups excluding tert-OH is 1. The highest BCUT2D eigenvalue weighted by molar-refractivity contribution is 7.22. The highest BCUT2D eigenvalue weighted by Gasteiger charge is 2.20. The molecule has 0 amide bonds. The molecule has 1 saturated carbocycles. The van der Waals surface area contributed by atoms with Crippen LogP contribution in [0.2, 0.25) is 0 Å². The lowest BCUT2D eigenvalue weighted by Gasteiger charge is -2.26. The fourth-order valence-electron chi connectivity index (χ4n) is 3.73. The first-order chi connectivity index (χ1) is 12.8. The molecule has 6 heteroatoms. The van der Waals surface area contributed by atoms with Crippen LogP contribution < -0.4 is 5.32 Å². The van der Waals surface area contributed by atoms with E-state index in [4.69, 9.17) is 5.10 Å². The Morgan fingerprint density at radius 3 is 2.96 bits per heavy atom. The van der Waals surface area contributed by atoms with Gasteiger partial charge in [0.1, 0.15) is 11.5 Å². The molecular weight excluding hydrogens is 344 g/mol. The van der Waals surface area contributed by atoms with Crippen molar-refractivity contribution in [1.29, 1.82) is 0 Å². The Labute approximate surface area is 155 Å². The molecule has 4 aromatic rings. The zero-order valence-electron chi connectivity index (χ0n) is 14.3. The molecule has 0 spiro atoms. The predicted molar refractivity (Wildman–Crippen MR) is 106 cm³/mol. The molecular formula is C20H20N4OS. The molecule has 5 rings (SSSR count). The largest absolute Gasteiger partial charge is 0.393 e. The van der Waals surface area contributed by atoms with Gasteiger partial charge in [0.15, 0.2) is 5.65 Å². The Hall–Kier alpha value is -2.44. The number of fused-ring (bicyclic) bond motifs is 2. The molecule has 1 fully saturated rings. The van der Waals surface area contributed by atoms with Crippen molar-refractivity contribution in [2.75, 3.05) is 5.32 Å². The number of thiophene rings is 1. The molecule has 3 heterocycles. The summed E-state index contributed by atoms with van der Waals surface area (Å²) in [5.74, 6) is 0.831. The molecule has 1 aromatic carbocycles. The fraction of sp³-hybridized carbons (Fsp3) is 0.300. The summed E-state index contributed by atoms with van der Waals surface area (Å²) in [6.07, 6.45) is 5.51. The van der Waals surface area contributed by atoms with Gasteiger partial charge >= 0.3 is 0 Å². The molecule has 2 atom stereocenters. The number of rotatable bonds is 3. The van der Waals surface area contributed by atoms with Crippen molar-refractivity contribution in [3.05, 3.63) is 48.7 Å². The summed E-state index contributed by atoms with van der Waals surface area (Å²) in [4.78, 5) is 5.67. The number of imidazole rings is 1. The lowest BCUT2D eigenvalue weighted by Crippen LogP contribution is -2.30. The Balaban J connectivity index is 1.50. The number of hydrogen-bond acceptors (Lipinski definition) is 5. The van der Waals surface area contributed by atoms with Crippen LogP contribution in [-0.4, -0.2) is 31.9 Å². The first-order valence-electron chi connectivity index (χ1n) is 9.04. The summed E-state index contributed by atoms with van der Waals surface area (Å²) in [5, 5.41) is 19.4. The van der Waals surface area contributed by atoms with E-state index in [0.717, 1.165) is 47.7 Å². The van der Waals surface area contributed by atoms with Crippen LogP contribution in [0.15, 0.2) is 48.7 Å². The molecule has 0 bridgehead atoms. The van der Waals surface area contributed by atoms with Crippen molar-refractivity contribution in [3.63, 3.8) is 0 Å². The highest BCUT2D eigenvalue weighted by atomic mass is 32.1. The van der Waals surface area contributed by atoms with Gasteiger partial charge in [0.2, 0.25) is 0 Å². The third-order valence-corrected chi connectivity index (χ3v) is 6.18. The molecule has 1 aliphatic carbocycles. The van der Waals surface area contributed by atoms with E-state index in [1.54, 1.807) is 11.3 Å². The number of aliphatic hydroxyl groups is 1. The SMILES string of the molecule is O[C@H]1CCCC(Nc2ccc3ncc(-c4cc5ccccc5s4)n3n2)C1. The van der Waals surface area contributed by atoms with Crippen LogP contribution >= 0.6 is 11.3 Å². The van der Waals surface area contributed by atoms with Crippen LogP contribution in [-0.2, 0) is 0 Å². The number of nitrogens with one attached hydrogen (secondary N) is 1. The third-order valence-electron chi connectivity index (χ3n) is 5.04. The summed E-state index contributed by atoms with van der Waals surface area (Å²) in [6.45, 7) is 0. The highest BCUT2D eigenvalue weighted by Crippen LogP contribution is 2.33. The van der Waals surface area contributed by atoms with Crippen LogP contribution in [0.3, 0.4) is 0 Å². The molecule has 26 heavy (non-hydrogen) atoms. The molecule has 3 aromatic heterocycles. The molecule has 0 aliphatic heterocycles. The molecule has 1 aliphatic rings. The summed E-state index contributed by atoms with van der Waals surface area (Å²) < 4.78 is 3.18. The Morgan fingerprint density at radius 1 is 1.15 bits per heavy atom. The quantitative estimate of drug-likeness (QED) is 0.568. The molecule has 2 N–H and O–H groups in total. The van der Waals surface area contributed by atoms with E-state index in [1.807, 2.05) is 22.8 Å². The maximum atomic E-state index is 9.88. The van der Waals surface area contributed by atoms with Gasteiger partial charge in [0.25, 0.3) is 0 Å². The third kappa shape index (κ3) is 2.85. The Morgan fingerprint density at radius 2 is 2.08 bits per heavy atom. The molecule has 0 radical (unpaired) electrons. The topological polar surface area (TPSA) is 62.5 Å². The van der Waals surface area contributed by atoms with Crippen molar-refractivity contribution < 1.29 is 5.11 Å². The number of anilines is 1. The van der Waals surface area contributed by atoms with Crippen LogP contribution in [0.25, 0.3) is 26.3 Å². The van der Waals surface area contributed by atoms with E-state index >= 15 is 0 Å². The van der Waals surface area contributed by atoms with Crippen LogP contribution in [0, 0.1) is 0 Å². The van der Waals surface area contributed by atoms with Crippen molar-refractivity contribution in [2.24, 2.45) is 0 Å². The van der Waals surface area contributed by atoms with Crippen LogP contribution in [0.1, 0.15) is 25.7 Å². The smallest absolute Gasteiger partial charge is 0.154 e. The minimum atomic E-state index is -0.202. The summed E-state index contributed by atoms with van der Waals surface area (Å²) in [5.41, 5.74) is 1.85. The number of benzene rings is 1. The van der Waals surface area contributed by atoms with Gasteiger partial charge in [0, 0.05) is 10.7 Å². The molecule has 5 nitrogen and oxygen atoms in total. The molecule has 1 unspecified atom stereocenters. The van der Waals surface area contributed by atoms with E-state index in [2.05, 4.69) is 40.6 Å². The monoisotopic (exact) mass is 364 g/mol. The summed E-state index contributed by atoms with van der Waals surface area (Å²) >= 11 is 1.76. The first kappa shape index (κ1) is 15.8. The molecule has 0 saturated heterocycles. The zero-order chi connectivity index (χ0) is 17.5. The number of hydrogen-bond donors (Lipinski definition) is 2. The maximum absolute atomic E-state index is 9.88. The van der Waals surface area contributed by atoms with E-state index in [9.17, 15) is 5.11 Å². The van der Waals surface area contributed by atoms with Gasteiger partial charge < -0.3 is 10.4 Å². The van der Waals surface area contributed by atoms with Crippen molar-refractivity contribution in [1.82, 2.24) is 14.6 Å². The van der Waals surface area contributed by atoms with Crippen LogP contribution in [0.4, 0.5) is 5.82 Å². The number of aromatic nitrogens is 3. The second kappa shape index (κ2) is 6.37. The standard InChI is InChI=1S/C20H20N4OS/c25-15-6-3-5-14(11-15)22-19-8-9-20-21-12-16(24(20)23-19)18-10-13-4-1-2-7-17(13)26-18/h1-2,4,7-10,12,14-15,25H,3,5-6,11H2,(H,22,23)/t14?,15-/m0/s1. The average Bonchev–Trinajstić information content (AvgIpc) is 3.25. The van der Waals surface area contributed by atoms with Crippen molar-refractivity contribution in [3.8, 4) is 10.6 Å². The van der Waals surface area contributed by atoms with E-state index in [-0.39, 0.29) is 12.1 Å². The second-order valence-corrected chi connectivity index (χ2v) is 8.03. The van der Waals surface area contributed by atoms with Gasteiger partial charge in [-0.25, -0.2) is 9.50 Å².